The Morgan fingerprint density at radius 3 is 2.55 bits per heavy atom. The maximum atomic E-state index is 14.0. The summed E-state index contributed by atoms with van der Waals surface area (Å²) < 4.78 is 24.6. The van der Waals surface area contributed by atoms with Gasteiger partial charge in [0, 0.05) is 25.8 Å². The number of aliphatic hydroxyl groups excluding tert-OH is 2. The van der Waals surface area contributed by atoms with Gasteiger partial charge in [0.05, 0.1) is 26.0 Å². The highest BCUT2D eigenvalue weighted by molar-refractivity contribution is 5.93. The number of esters is 1. The van der Waals surface area contributed by atoms with Crippen molar-refractivity contribution in [2.24, 2.45) is 5.41 Å². The standard InChI is InChI=1S/C31H34N2O9/c34-11-10-32-29(37)31-17-23-24-25(41-30(40-24)15-20-6-2-3-7-21(20)16-30)27(31)42-33(26(31)28(36)39-23)18-22-8-4-1-5-19(22)9-13-38-14-12-35/h1-9,13,23-27,34-35H,10-12,14-18H2,(H,32,37)/t23-,24+,25+,26+,27-,31+/m1/s1. The SMILES string of the molecule is O=C1O[C@@H]2C[C@@]3(C(=O)NCCO)[C@H](ON(Cc4ccccc4C=COCCO)[C@@H]13)[C@H]1OC3(Cc4ccccc4C3)O[C@H]12. The molecule has 11 heteroatoms. The van der Waals surface area contributed by atoms with E-state index in [0.29, 0.717) is 12.8 Å². The molecule has 0 unspecified atom stereocenters. The Balaban J connectivity index is 1.23. The number of nitrogens with zero attached hydrogens (tertiary/aromatic N) is 1. The van der Waals surface area contributed by atoms with E-state index < -0.39 is 47.6 Å². The number of benzene rings is 2. The third-order valence-corrected chi connectivity index (χ3v) is 9.04. The van der Waals surface area contributed by atoms with Crippen molar-refractivity contribution in [3.8, 4) is 0 Å². The Morgan fingerprint density at radius 2 is 1.79 bits per heavy atom. The van der Waals surface area contributed by atoms with Crippen LogP contribution in [0.5, 0.6) is 0 Å². The van der Waals surface area contributed by atoms with E-state index >= 15 is 0 Å². The smallest absolute Gasteiger partial charge is 0.327 e. The zero-order valence-corrected chi connectivity index (χ0v) is 23.0. The van der Waals surface area contributed by atoms with Crippen LogP contribution in [0.15, 0.2) is 54.8 Å². The maximum absolute atomic E-state index is 14.0. The zero-order chi connectivity index (χ0) is 28.9. The Morgan fingerprint density at radius 1 is 1.05 bits per heavy atom. The number of amides is 1. The topological polar surface area (TPSA) is 136 Å². The van der Waals surface area contributed by atoms with Gasteiger partial charge < -0.3 is 34.5 Å². The summed E-state index contributed by atoms with van der Waals surface area (Å²) in [6.07, 6.45) is 1.87. The molecular weight excluding hydrogens is 544 g/mol. The molecule has 2 aliphatic carbocycles. The molecule has 5 aliphatic rings. The molecule has 2 aromatic rings. The van der Waals surface area contributed by atoms with Gasteiger partial charge in [0.25, 0.3) is 0 Å². The molecule has 7 rings (SSSR count). The Hall–Kier alpha value is -3.32. The van der Waals surface area contributed by atoms with Crippen molar-refractivity contribution in [2.75, 3.05) is 26.4 Å². The Kier molecular flexibility index (Phi) is 7.04. The third-order valence-electron chi connectivity index (χ3n) is 9.04. The van der Waals surface area contributed by atoms with Crippen LogP contribution in [-0.4, -0.2) is 89.8 Å². The first-order valence-electron chi connectivity index (χ1n) is 14.4. The van der Waals surface area contributed by atoms with Gasteiger partial charge in [-0.25, -0.2) is 0 Å². The first-order chi connectivity index (χ1) is 20.5. The summed E-state index contributed by atoms with van der Waals surface area (Å²) in [6.45, 7) is 0.0762. The lowest BCUT2D eigenvalue weighted by Crippen LogP contribution is -2.69. The molecular formula is C31H34N2O9. The van der Waals surface area contributed by atoms with Crippen molar-refractivity contribution in [1.82, 2.24) is 10.4 Å². The lowest BCUT2D eigenvalue weighted by molar-refractivity contribution is -0.217. The van der Waals surface area contributed by atoms with Crippen LogP contribution in [0.3, 0.4) is 0 Å². The normalized spacial score (nSPS) is 32.1. The van der Waals surface area contributed by atoms with Crippen LogP contribution < -0.4 is 5.32 Å². The number of hydroxylamine groups is 2. The highest BCUT2D eigenvalue weighted by atomic mass is 16.8. The lowest BCUT2D eigenvalue weighted by atomic mass is 9.62. The number of ether oxygens (including phenoxy) is 4. The van der Waals surface area contributed by atoms with E-state index in [-0.39, 0.29) is 45.2 Å². The Labute approximate surface area is 242 Å². The molecule has 2 bridgehead atoms. The predicted molar refractivity (Wildman–Crippen MR) is 146 cm³/mol. The quantitative estimate of drug-likeness (QED) is 0.223. The summed E-state index contributed by atoms with van der Waals surface area (Å²) >= 11 is 0. The van der Waals surface area contributed by atoms with Gasteiger partial charge in [0.2, 0.25) is 5.91 Å². The largest absolute Gasteiger partial charge is 0.499 e. The lowest BCUT2D eigenvalue weighted by Gasteiger charge is -2.48. The van der Waals surface area contributed by atoms with E-state index in [1.54, 1.807) is 11.1 Å². The molecule has 3 saturated heterocycles. The van der Waals surface area contributed by atoms with Crippen LogP contribution in [-0.2, 0) is 52.8 Å². The second kappa shape index (κ2) is 10.7. The van der Waals surface area contributed by atoms with E-state index in [4.69, 9.17) is 28.9 Å². The first-order valence-corrected chi connectivity index (χ1v) is 14.4. The van der Waals surface area contributed by atoms with Crippen molar-refractivity contribution in [1.29, 1.82) is 0 Å². The minimum atomic E-state index is -1.30. The molecule has 2 aromatic carbocycles. The summed E-state index contributed by atoms with van der Waals surface area (Å²) in [5.74, 6) is -1.85. The van der Waals surface area contributed by atoms with Gasteiger partial charge in [-0.15, -0.1) is 0 Å². The number of carbonyl (C=O) groups excluding carboxylic acids is 2. The number of carbonyl (C=O) groups is 2. The number of aliphatic hydroxyl groups is 2. The fraction of sp³-hybridized carbons (Fsp3) is 0.484. The van der Waals surface area contributed by atoms with Crippen LogP contribution in [0.2, 0.25) is 0 Å². The van der Waals surface area contributed by atoms with Crippen molar-refractivity contribution in [2.45, 2.75) is 62.1 Å². The molecule has 1 saturated carbocycles. The van der Waals surface area contributed by atoms with Gasteiger partial charge in [-0.3, -0.25) is 14.4 Å². The minimum Gasteiger partial charge on any atom is -0.499 e. The third kappa shape index (κ3) is 4.34. The maximum Gasteiger partial charge on any atom is 0.327 e. The minimum absolute atomic E-state index is 0.0475. The molecule has 4 fully saturated rings. The molecule has 3 N–H and O–H groups in total. The molecule has 42 heavy (non-hydrogen) atoms. The molecule has 0 aromatic heterocycles. The first kappa shape index (κ1) is 27.5. The van der Waals surface area contributed by atoms with E-state index in [0.717, 1.165) is 22.3 Å². The average Bonchev–Trinajstić information content (AvgIpc) is 3.66. The van der Waals surface area contributed by atoms with Gasteiger partial charge in [-0.1, -0.05) is 48.5 Å². The molecule has 0 radical (unpaired) electrons. The second-order valence-corrected chi connectivity index (χ2v) is 11.5. The summed E-state index contributed by atoms with van der Waals surface area (Å²) in [4.78, 5) is 34.3. The van der Waals surface area contributed by atoms with Crippen molar-refractivity contribution in [3.63, 3.8) is 0 Å². The van der Waals surface area contributed by atoms with Crippen molar-refractivity contribution < 1.29 is 43.6 Å². The number of nitrogens with one attached hydrogen (secondary N) is 1. The molecule has 222 valence electrons. The van der Waals surface area contributed by atoms with Gasteiger partial charge in [0.1, 0.15) is 36.4 Å². The van der Waals surface area contributed by atoms with Gasteiger partial charge in [-0.05, 0) is 28.3 Å². The highest BCUT2D eigenvalue weighted by Gasteiger charge is 2.76. The molecule has 3 aliphatic heterocycles. The van der Waals surface area contributed by atoms with E-state index in [9.17, 15) is 14.7 Å². The number of fused-ring (bicyclic) bond motifs is 5. The summed E-state index contributed by atoms with van der Waals surface area (Å²) in [7, 11) is 0. The fourth-order valence-corrected chi connectivity index (χ4v) is 7.34. The summed E-state index contributed by atoms with van der Waals surface area (Å²) in [5, 5.41) is 22.8. The summed E-state index contributed by atoms with van der Waals surface area (Å²) in [6, 6.07) is 14.7. The number of rotatable bonds is 9. The van der Waals surface area contributed by atoms with E-state index in [1.807, 2.05) is 36.4 Å². The van der Waals surface area contributed by atoms with Crippen LogP contribution in [0.4, 0.5) is 0 Å². The van der Waals surface area contributed by atoms with Crippen molar-refractivity contribution in [3.05, 3.63) is 77.0 Å². The van der Waals surface area contributed by atoms with Gasteiger partial charge in [0.15, 0.2) is 11.8 Å². The van der Waals surface area contributed by atoms with Crippen LogP contribution in [0, 0.1) is 5.41 Å². The molecule has 1 spiro atoms. The number of hydrogen-bond acceptors (Lipinski definition) is 10. The average molecular weight is 579 g/mol. The van der Waals surface area contributed by atoms with Gasteiger partial charge in [-0.2, -0.15) is 5.06 Å². The number of hydrogen-bond donors (Lipinski definition) is 3. The molecule has 3 heterocycles. The zero-order valence-electron chi connectivity index (χ0n) is 23.0. The predicted octanol–water partition coefficient (Wildman–Crippen LogP) is 0.854. The van der Waals surface area contributed by atoms with Crippen LogP contribution in [0.1, 0.15) is 28.7 Å². The molecule has 11 nitrogen and oxygen atoms in total. The molecule has 6 atom stereocenters. The van der Waals surface area contributed by atoms with Crippen molar-refractivity contribution >= 4 is 18.0 Å². The summed E-state index contributed by atoms with van der Waals surface area (Å²) in [5.41, 5.74) is 2.66. The highest BCUT2D eigenvalue weighted by Crippen LogP contribution is 2.58. The van der Waals surface area contributed by atoms with Crippen LogP contribution in [0.25, 0.3) is 6.08 Å². The Bertz CT molecular complexity index is 1370. The fourth-order valence-electron chi connectivity index (χ4n) is 7.34. The monoisotopic (exact) mass is 578 g/mol. The molecule has 1 amide bonds. The van der Waals surface area contributed by atoms with E-state index in [2.05, 4.69) is 17.4 Å². The van der Waals surface area contributed by atoms with Gasteiger partial charge >= 0.3 is 5.97 Å². The van der Waals surface area contributed by atoms with E-state index in [1.165, 1.54) is 6.26 Å². The second-order valence-electron chi connectivity index (χ2n) is 11.5. The van der Waals surface area contributed by atoms with Crippen LogP contribution >= 0.6 is 0 Å².